The molecule has 9 heteroatoms. The Morgan fingerprint density at radius 2 is 1.94 bits per heavy atom. The lowest BCUT2D eigenvalue weighted by molar-refractivity contribution is -0.120. The molecular formula is C26H32N6OS2. The number of hydrogen-bond acceptors (Lipinski definition) is 7. The second kappa shape index (κ2) is 12.8. The molecule has 184 valence electrons. The third-order valence-electron chi connectivity index (χ3n) is 5.77. The van der Waals surface area contributed by atoms with Crippen LogP contribution < -0.4 is 11.1 Å². The van der Waals surface area contributed by atoms with Crippen molar-refractivity contribution in [2.75, 3.05) is 18.0 Å². The maximum Gasteiger partial charge on any atom is 0.220 e. The molecule has 1 aromatic carbocycles. The molecule has 0 radical (unpaired) electrons. The Balaban J connectivity index is 1.30. The quantitative estimate of drug-likeness (QED) is 0.178. The van der Waals surface area contributed by atoms with E-state index in [2.05, 4.69) is 32.8 Å². The number of carbonyl (C=O) groups is 1. The number of fused-ring (bicyclic) bond motifs is 3. The zero-order chi connectivity index (χ0) is 24.5. The van der Waals surface area contributed by atoms with E-state index in [1.807, 2.05) is 36.4 Å². The minimum absolute atomic E-state index is 0.0979. The summed E-state index contributed by atoms with van der Waals surface area (Å²) in [6.07, 6.45) is 7.27. The zero-order valence-corrected chi connectivity index (χ0v) is 21.7. The molecule has 7 nitrogen and oxygen atoms in total. The lowest BCUT2D eigenvalue weighted by Gasteiger charge is -2.11. The molecule has 4 rings (SSSR count). The number of aromatic nitrogens is 4. The summed E-state index contributed by atoms with van der Waals surface area (Å²) in [5, 5.41) is 5.11. The number of nitrogen functional groups attached to an aromatic ring is 1. The largest absolute Gasteiger partial charge is 0.382 e. The first kappa shape index (κ1) is 25.3. The van der Waals surface area contributed by atoms with Gasteiger partial charge in [-0.3, -0.25) is 4.79 Å². The number of amides is 1. The zero-order valence-electron chi connectivity index (χ0n) is 20.1. The second-order valence-corrected chi connectivity index (χ2v) is 10.8. The van der Waals surface area contributed by atoms with E-state index in [4.69, 9.17) is 10.7 Å². The standard InChI is InChI=1S/C26H32N6OS2/c1-2-3-12-21-31-24-25(19-10-4-5-11-20(19)30-26(24)27)32(21)17-9-8-15-28-22(33)14-18-34-35-23-13-6-7-16-29-23/h4-7,10-11,13,16H,2-3,8-9,12,14-15,17-18H2,1H3,(H2,27,30)(H,28,33). The molecule has 3 aromatic heterocycles. The van der Waals surface area contributed by atoms with Crippen LogP contribution in [0.25, 0.3) is 21.9 Å². The molecule has 0 saturated heterocycles. The molecule has 4 aromatic rings. The molecule has 35 heavy (non-hydrogen) atoms. The summed E-state index contributed by atoms with van der Waals surface area (Å²) in [6, 6.07) is 14.0. The van der Waals surface area contributed by atoms with Crippen LogP contribution in [-0.2, 0) is 17.8 Å². The lowest BCUT2D eigenvalue weighted by atomic mass is 10.2. The molecule has 0 atom stereocenters. The molecule has 1 amide bonds. The van der Waals surface area contributed by atoms with Gasteiger partial charge >= 0.3 is 0 Å². The van der Waals surface area contributed by atoms with Gasteiger partial charge in [0, 0.05) is 43.3 Å². The third-order valence-corrected chi connectivity index (χ3v) is 8.04. The van der Waals surface area contributed by atoms with Crippen molar-refractivity contribution in [1.29, 1.82) is 0 Å². The number of hydrogen-bond donors (Lipinski definition) is 2. The average Bonchev–Trinajstić information content (AvgIpc) is 3.25. The van der Waals surface area contributed by atoms with Crippen LogP contribution in [0, 0.1) is 0 Å². The molecule has 0 aliphatic carbocycles. The molecule has 0 aliphatic rings. The van der Waals surface area contributed by atoms with Crippen molar-refractivity contribution < 1.29 is 4.79 Å². The molecule has 3 heterocycles. The molecule has 0 fully saturated rings. The monoisotopic (exact) mass is 508 g/mol. The molecule has 0 unspecified atom stereocenters. The summed E-state index contributed by atoms with van der Waals surface area (Å²) >= 11 is 0. The summed E-state index contributed by atoms with van der Waals surface area (Å²) in [5.41, 5.74) is 9.05. The van der Waals surface area contributed by atoms with E-state index in [1.165, 1.54) is 0 Å². The predicted molar refractivity (Wildman–Crippen MR) is 147 cm³/mol. The number of benzene rings is 1. The Bertz CT molecular complexity index is 1260. The minimum Gasteiger partial charge on any atom is -0.382 e. The maximum atomic E-state index is 12.2. The van der Waals surface area contributed by atoms with Gasteiger partial charge in [-0.2, -0.15) is 0 Å². The van der Waals surface area contributed by atoms with E-state index < -0.39 is 0 Å². The summed E-state index contributed by atoms with van der Waals surface area (Å²) in [6.45, 7) is 3.71. The summed E-state index contributed by atoms with van der Waals surface area (Å²) in [7, 11) is 3.26. The molecule has 0 saturated carbocycles. The molecule has 3 N–H and O–H groups in total. The highest BCUT2D eigenvalue weighted by molar-refractivity contribution is 8.76. The van der Waals surface area contributed by atoms with Crippen LogP contribution >= 0.6 is 21.6 Å². The highest BCUT2D eigenvalue weighted by Crippen LogP contribution is 2.30. The number of unbranched alkanes of at least 4 members (excludes halogenated alkanes) is 2. The number of imidazole rings is 1. The van der Waals surface area contributed by atoms with E-state index in [1.54, 1.807) is 27.8 Å². The van der Waals surface area contributed by atoms with Crippen molar-refractivity contribution in [1.82, 2.24) is 24.8 Å². The van der Waals surface area contributed by atoms with Crippen LogP contribution in [0.5, 0.6) is 0 Å². The fourth-order valence-corrected chi connectivity index (χ4v) is 5.88. The van der Waals surface area contributed by atoms with Gasteiger partial charge in [0.05, 0.1) is 11.0 Å². The smallest absolute Gasteiger partial charge is 0.220 e. The first-order valence-electron chi connectivity index (χ1n) is 12.2. The molecule has 0 aliphatic heterocycles. The first-order chi connectivity index (χ1) is 17.2. The van der Waals surface area contributed by atoms with Gasteiger partial charge < -0.3 is 15.6 Å². The van der Waals surface area contributed by atoms with Gasteiger partial charge in [0.25, 0.3) is 0 Å². The van der Waals surface area contributed by atoms with Crippen LogP contribution in [0.4, 0.5) is 5.82 Å². The molecule has 0 bridgehead atoms. The van der Waals surface area contributed by atoms with E-state index >= 15 is 0 Å². The number of anilines is 1. The second-order valence-electron chi connectivity index (χ2n) is 8.37. The van der Waals surface area contributed by atoms with Gasteiger partial charge in [0.15, 0.2) is 5.82 Å². The van der Waals surface area contributed by atoms with Crippen molar-refractivity contribution in [3.05, 3.63) is 54.5 Å². The Kier molecular flexibility index (Phi) is 9.25. The number of aryl methyl sites for hydroxylation is 2. The fraction of sp³-hybridized carbons (Fsp3) is 0.385. The van der Waals surface area contributed by atoms with Crippen LogP contribution in [-0.4, -0.2) is 37.7 Å². The average molecular weight is 509 g/mol. The minimum atomic E-state index is 0.0979. The lowest BCUT2D eigenvalue weighted by Crippen LogP contribution is -2.24. The van der Waals surface area contributed by atoms with Crippen LogP contribution in [0.1, 0.15) is 44.9 Å². The van der Waals surface area contributed by atoms with Crippen LogP contribution in [0.2, 0.25) is 0 Å². The predicted octanol–water partition coefficient (Wildman–Crippen LogP) is 5.63. The summed E-state index contributed by atoms with van der Waals surface area (Å²) in [5.74, 6) is 2.41. The number of pyridine rings is 2. The van der Waals surface area contributed by atoms with Crippen LogP contribution in [0.3, 0.4) is 0 Å². The van der Waals surface area contributed by atoms with Crippen molar-refractivity contribution in [2.45, 2.75) is 57.0 Å². The van der Waals surface area contributed by atoms with Crippen molar-refractivity contribution in [3.8, 4) is 0 Å². The highest BCUT2D eigenvalue weighted by atomic mass is 33.1. The number of nitrogens with one attached hydrogen (secondary N) is 1. The van der Waals surface area contributed by atoms with Gasteiger partial charge in [-0.1, -0.05) is 48.4 Å². The summed E-state index contributed by atoms with van der Waals surface area (Å²) in [4.78, 5) is 25.9. The van der Waals surface area contributed by atoms with Crippen molar-refractivity contribution in [2.24, 2.45) is 0 Å². The highest BCUT2D eigenvalue weighted by Gasteiger charge is 2.16. The van der Waals surface area contributed by atoms with Gasteiger partial charge in [-0.05, 0) is 48.3 Å². The van der Waals surface area contributed by atoms with Crippen molar-refractivity contribution >= 4 is 55.2 Å². The SMILES string of the molecule is CCCCc1nc2c(N)nc3ccccc3c2n1CCCCNC(=O)CCSSc1ccccn1. The number of nitrogens with two attached hydrogens (primary N) is 1. The van der Waals surface area contributed by atoms with E-state index in [0.717, 1.165) is 77.2 Å². The van der Waals surface area contributed by atoms with E-state index in [0.29, 0.717) is 18.8 Å². The first-order valence-corrected chi connectivity index (χ1v) is 14.5. The Labute approximate surface area is 214 Å². The maximum absolute atomic E-state index is 12.2. The fourth-order valence-electron chi connectivity index (χ4n) is 4.02. The van der Waals surface area contributed by atoms with E-state index in [-0.39, 0.29) is 5.91 Å². The molecule has 0 spiro atoms. The Morgan fingerprint density at radius 3 is 2.77 bits per heavy atom. The topological polar surface area (TPSA) is 98.7 Å². The Morgan fingerprint density at radius 1 is 1.09 bits per heavy atom. The Hall–Kier alpha value is -2.78. The van der Waals surface area contributed by atoms with Crippen molar-refractivity contribution in [3.63, 3.8) is 0 Å². The third kappa shape index (κ3) is 6.67. The number of nitrogens with zero attached hydrogens (tertiary/aromatic N) is 4. The summed E-state index contributed by atoms with van der Waals surface area (Å²) < 4.78 is 2.32. The van der Waals surface area contributed by atoms with Gasteiger partial charge in [0.1, 0.15) is 16.4 Å². The molecular weight excluding hydrogens is 476 g/mol. The van der Waals surface area contributed by atoms with Crippen LogP contribution in [0.15, 0.2) is 53.7 Å². The number of rotatable bonds is 13. The number of para-hydroxylation sites is 1. The van der Waals surface area contributed by atoms with E-state index in [9.17, 15) is 4.79 Å². The number of carbonyl (C=O) groups excluding carboxylic acids is 1. The van der Waals surface area contributed by atoms with Gasteiger partial charge in [-0.25, -0.2) is 15.0 Å². The van der Waals surface area contributed by atoms with Gasteiger partial charge in [-0.15, -0.1) is 0 Å². The normalized spacial score (nSPS) is 11.3. The van der Waals surface area contributed by atoms with Gasteiger partial charge in [0.2, 0.25) is 5.91 Å².